The number of rotatable bonds is 7. The molecule has 0 atom stereocenters. The maximum absolute atomic E-state index is 11.8. The number of hydrogen-bond acceptors (Lipinski definition) is 4. The Balaban J connectivity index is 0.00000625. The van der Waals surface area contributed by atoms with Crippen molar-refractivity contribution in [3.05, 3.63) is 12.2 Å². The summed E-state index contributed by atoms with van der Waals surface area (Å²) < 4.78 is 0. The number of carbonyl (C=O) groups is 2. The molecule has 1 rings (SSSR count). The molecule has 1 aliphatic rings. The van der Waals surface area contributed by atoms with Gasteiger partial charge in [-0.05, 0) is 19.8 Å². The maximum atomic E-state index is 11.8. The standard InChI is InChI=1S/C17H32N6O2.HI/c1-13(2)10-19-17(20-11-16(25)22(4)5)21-14-6-8-23(9-7-14)12-15(24)18-3;/h14H,1,6-12H2,2-5H3,(H,18,24)(H2,19,20,21);1H. The number of piperidine rings is 1. The third kappa shape index (κ3) is 9.95. The Hall–Kier alpha value is -1.36. The van der Waals surface area contributed by atoms with Crippen LogP contribution >= 0.6 is 24.0 Å². The third-order valence-corrected chi connectivity index (χ3v) is 4.00. The summed E-state index contributed by atoms with van der Waals surface area (Å²) in [5.74, 6) is 0.624. The van der Waals surface area contributed by atoms with E-state index in [2.05, 4.69) is 32.4 Å². The second-order valence-corrected chi connectivity index (χ2v) is 6.63. The minimum absolute atomic E-state index is 0. The molecule has 3 N–H and O–H groups in total. The van der Waals surface area contributed by atoms with Crippen molar-refractivity contribution in [2.45, 2.75) is 25.8 Å². The summed E-state index contributed by atoms with van der Waals surface area (Å²) in [6.07, 6.45) is 1.85. The van der Waals surface area contributed by atoms with Crippen LogP contribution in [0.2, 0.25) is 0 Å². The van der Waals surface area contributed by atoms with Gasteiger partial charge in [0.2, 0.25) is 11.8 Å². The molecule has 1 heterocycles. The highest BCUT2D eigenvalue weighted by atomic mass is 127. The van der Waals surface area contributed by atoms with E-state index in [1.807, 2.05) is 6.92 Å². The van der Waals surface area contributed by atoms with Crippen LogP contribution in [0.4, 0.5) is 0 Å². The molecule has 0 aliphatic carbocycles. The Labute approximate surface area is 173 Å². The lowest BCUT2D eigenvalue weighted by Gasteiger charge is -2.32. The second kappa shape index (κ2) is 12.9. The van der Waals surface area contributed by atoms with Crippen molar-refractivity contribution in [3.63, 3.8) is 0 Å². The Kier molecular flexibility index (Phi) is 12.2. The van der Waals surface area contributed by atoms with Gasteiger partial charge in [-0.3, -0.25) is 14.5 Å². The molecule has 1 fully saturated rings. The minimum atomic E-state index is -0.0446. The summed E-state index contributed by atoms with van der Waals surface area (Å²) in [5.41, 5.74) is 0.994. The van der Waals surface area contributed by atoms with Gasteiger partial charge in [0.15, 0.2) is 5.96 Å². The van der Waals surface area contributed by atoms with Crippen molar-refractivity contribution >= 4 is 41.8 Å². The summed E-state index contributed by atoms with van der Waals surface area (Å²) in [5, 5.41) is 9.25. The topological polar surface area (TPSA) is 89.1 Å². The van der Waals surface area contributed by atoms with Gasteiger partial charge in [0.05, 0.1) is 6.54 Å². The van der Waals surface area contributed by atoms with Gasteiger partial charge >= 0.3 is 0 Å². The fourth-order valence-electron chi connectivity index (χ4n) is 2.39. The molecule has 0 saturated carbocycles. The van der Waals surface area contributed by atoms with Crippen molar-refractivity contribution in [2.24, 2.45) is 4.99 Å². The lowest BCUT2D eigenvalue weighted by Crippen LogP contribution is -2.50. The number of likely N-dealkylation sites (tertiary alicyclic amines) is 1. The molecule has 150 valence electrons. The van der Waals surface area contributed by atoms with Crippen molar-refractivity contribution in [3.8, 4) is 0 Å². The maximum Gasteiger partial charge on any atom is 0.243 e. The van der Waals surface area contributed by atoms with Gasteiger partial charge in [0, 0.05) is 46.8 Å². The molecule has 0 spiro atoms. The van der Waals surface area contributed by atoms with Crippen LogP contribution in [-0.4, -0.2) is 87.5 Å². The third-order valence-electron chi connectivity index (χ3n) is 4.00. The predicted molar refractivity (Wildman–Crippen MR) is 116 cm³/mol. The number of hydrogen-bond donors (Lipinski definition) is 3. The van der Waals surface area contributed by atoms with Crippen molar-refractivity contribution in [1.29, 1.82) is 0 Å². The Morgan fingerprint density at radius 2 is 1.88 bits per heavy atom. The highest BCUT2D eigenvalue weighted by molar-refractivity contribution is 14.0. The second-order valence-electron chi connectivity index (χ2n) is 6.63. The first-order valence-corrected chi connectivity index (χ1v) is 8.64. The first-order valence-electron chi connectivity index (χ1n) is 8.64. The number of amides is 2. The van der Waals surface area contributed by atoms with Gasteiger partial charge in [0.1, 0.15) is 6.54 Å². The van der Waals surface area contributed by atoms with Crippen molar-refractivity contribution < 1.29 is 9.59 Å². The molecule has 2 amide bonds. The van der Waals surface area contributed by atoms with Crippen LogP contribution in [0.1, 0.15) is 19.8 Å². The molecule has 8 nitrogen and oxygen atoms in total. The molecule has 0 bridgehead atoms. The van der Waals surface area contributed by atoms with Gasteiger partial charge in [-0.15, -0.1) is 24.0 Å². The first-order chi connectivity index (χ1) is 11.8. The van der Waals surface area contributed by atoms with Crippen LogP contribution in [0.5, 0.6) is 0 Å². The molecule has 0 aromatic rings. The molecular formula is C17H33IN6O2. The zero-order valence-electron chi connectivity index (χ0n) is 16.3. The van der Waals surface area contributed by atoms with Gasteiger partial charge in [0.25, 0.3) is 0 Å². The number of nitrogens with one attached hydrogen (secondary N) is 3. The fourth-order valence-corrected chi connectivity index (χ4v) is 2.39. The summed E-state index contributed by atoms with van der Waals surface area (Å²) in [6.45, 7) is 8.68. The van der Waals surface area contributed by atoms with E-state index in [1.54, 1.807) is 21.1 Å². The van der Waals surface area contributed by atoms with Gasteiger partial charge in [-0.1, -0.05) is 12.2 Å². The highest BCUT2D eigenvalue weighted by Gasteiger charge is 2.21. The van der Waals surface area contributed by atoms with Crippen molar-refractivity contribution in [1.82, 2.24) is 25.8 Å². The number of carbonyl (C=O) groups excluding carboxylic acids is 2. The largest absolute Gasteiger partial charge is 0.358 e. The molecule has 26 heavy (non-hydrogen) atoms. The molecule has 9 heteroatoms. The van der Waals surface area contributed by atoms with E-state index in [-0.39, 0.29) is 48.4 Å². The predicted octanol–water partition coefficient (Wildman–Crippen LogP) is 0.0143. The summed E-state index contributed by atoms with van der Waals surface area (Å²) in [6, 6.07) is 0.270. The van der Waals surface area contributed by atoms with Crippen LogP contribution < -0.4 is 16.0 Å². The Bertz CT molecular complexity index is 501. The van der Waals surface area contributed by atoms with Crippen LogP contribution in [0.3, 0.4) is 0 Å². The number of aliphatic imine (C=N–C) groups is 1. The monoisotopic (exact) mass is 480 g/mol. The smallest absolute Gasteiger partial charge is 0.243 e. The molecular weight excluding hydrogens is 447 g/mol. The zero-order valence-corrected chi connectivity index (χ0v) is 18.6. The van der Waals surface area contributed by atoms with E-state index >= 15 is 0 Å². The summed E-state index contributed by atoms with van der Waals surface area (Å²) in [7, 11) is 5.09. The average Bonchev–Trinajstić information content (AvgIpc) is 2.58. The Morgan fingerprint density at radius 1 is 1.27 bits per heavy atom. The SMILES string of the molecule is C=C(C)CNC(=NCC(=O)N(C)C)NC1CCN(CC(=O)NC)CC1.I. The molecule has 1 aliphatic heterocycles. The average molecular weight is 480 g/mol. The van der Waals surface area contributed by atoms with Gasteiger partial charge in [-0.2, -0.15) is 0 Å². The normalized spacial score (nSPS) is 15.6. The molecule has 0 aromatic heterocycles. The molecule has 1 saturated heterocycles. The van der Waals surface area contributed by atoms with Gasteiger partial charge < -0.3 is 20.9 Å². The van der Waals surface area contributed by atoms with E-state index in [4.69, 9.17) is 0 Å². The van der Waals surface area contributed by atoms with E-state index in [1.165, 1.54) is 4.90 Å². The first kappa shape index (κ1) is 24.6. The number of guanidine groups is 1. The quantitative estimate of drug-likeness (QED) is 0.207. The number of nitrogens with zero attached hydrogens (tertiary/aromatic N) is 3. The van der Waals surface area contributed by atoms with Gasteiger partial charge in [-0.25, -0.2) is 4.99 Å². The van der Waals surface area contributed by atoms with Crippen LogP contribution in [0.15, 0.2) is 17.1 Å². The molecule has 0 unspecified atom stereocenters. The van der Waals surface area contributed by atoms with Crippen LogP contribution in [0, 0.1) is 0 Å². The summed E-state index contributed by atoms with van der Waals surface area (Å²) in [4.78, 5) is 31.2. The van der Waals surface area contributed by atoms with Crippen molar-refractivity contribution in [2.75, 3.05) is 53.9 Å². The highest BCUT2D eigenvalue weighted by Crippen LogP contribution is 2.09. The summed E-state index contributed by atoms with van der Waals surface area (Å²) >= 11 is 0. The lowest BCUT2D eigenvalue weighted by molar-refractivity contribution is -0.127. The van der Waals surface area contributed by atoms with Crippen LogP contribution in [-0.2, 0) is 9.59 Å². The zero-order chi connectivity index (χ0) is 18.8. The molecule has 0 radical (unpaired) electrons. The fraction of sp³-hybridized carbons (Fsp3) is 0.706. The van der Waals surface area contributed by atoms with E-state index < -0.39 is 0 Å². The van der Waals surface area contributed by atoms with E-state index in [0.717, 1.165) is 31.5 Å². The number of halogens is 1. The Morgan fingerprint density at radius 3 is 2.38 bits per heavy atom. The van der Waals surface area contributed by atoms with E-state index in [9.17, 15) is 9.59 Å². The van der Waals surface area contributed by atoms with Crippen LogP contribution in [0.25, 0.3) is 0 Å². The molecule has 0 aromatic carbocycles. The lowest BCUT2D eigenvalue weighted by atomic mass is 10.1. The van der Waals surface area contributed by atoms with E-state index in [0.29, 0.717) is 19.0 Å². The number of likely N-dealkylation sites (N-methyl/N-ethyl adjacent to an activating group) is 2. The minimum Gasteiger partial charge on any atom is -0.358 e.